The van der Waals surface area contributed by atoms with E-state index in [1.165, 1.54) is 0 Å². The van der Waals surface area contributed by atoms with Gasteiger partial charge in [0.15, 0.2) is 0 Å². The number of carbonyl (C=O) groups excluding carboxylic acids is 2. The smallest absolute Gasteiger partial charge is 0.426 e. The van der Waals surface area contributed by atoms with Gasteiger partial charge in [-0.3, -0.25) is 4.79 Å². The Morgan fingerprint density at radius 1 is 1.31 bits per heavy atom. The van der Waals surface area contributed by atoms with Gasteiger partial charge >= 0.3 is 13.1 Å². The number of hydrogen-bond acceptors (Lipinski definition) is 4. The topological polar surface area (TPSA) is 106 Å². The Labute approximate surface area is 190 Å². The van der Waals surface area contributed by atoms with Crippen LogP contribution in [0.3, 0.4) is 0 Å². The standard InChI is InChI=1S/C23H33BN4O4/c1-16-8-10-17(11-9-16)13-20(24(31)32)27-22(30)26-15-18-7-6-12-28(18)21(29)19(25-5)14-23(2,3)4/h8-11,14,18,20,31-32H,6-7,12-13,15H2,1-4H3,(H2,26,27,30)/t18-,20+/m1/s1. The van der Waals surface area contributed by atoms with Crippen molar-refractivity contribution in [2.24, 2.45) is 5.41 Å². The molecule has 4 N–H and O–H groups in total. The minimum Gasteiger partial charge on any atom is -0.426 e. The Morgan fingerprint density at radius 3 is 2.53 bits per heavy atom. The van der Waals surface area contributed by atoms with Crippen molar-refractivity contribution in [2.75, 3.05) is 13.1 Å². The third kappa shape index (κ3) is 7.70. The van der Waals surface area contributed by atoms with Gasteiger partial charge in [-0.2, -0.15) is 0 Å². The second kappa shape index (κ2) is 11.2. The molecule has 3 amide bonds. The molecule has 0 aromatic heterocycles. The van der Waals surface area contributed by atoms with Crippen LogP contribution < -0.4 is 10.6 Å². The van der Waals surface area contributed by atoms with Crippen LogP contribution in [0.2, 0.25) is 0 Å². The van der Waals surface area contributed by atoms with Crippen LogP contribution in [0.4, 0.5) is 4.79 Å². The number of nitrogens with zero attached hydrogens (tertiary/aromatic N) is 2. The van der Waals surface area contributed by atoms with Gasteiger partial charge in [0.05, 0.1) is 12.5 Å². The van der Waals surface area contributed by atoms with Crippen molar-refractivity contribution < 1.29 is 19.6 Å². The highest BCUT2D eigenvalue weighted by Crippen LogP contribution is 2.23. The number of rotatable bonds is 7. The van der Waals surface area contributed by atoms with Gasteiger partial charge < -0.3 is 25.6 Å². The van der Waals surface area contributed by atoms with Crippen LogP contribution in [-0.4, -0.2) is 59.1 Å². The molecule has 1 aromatic carbocycles. The van der Waals surface area contributed by atoms with E-state index in [1.54, 1.807) is 11.0 Å². The number of urea groups is 1. The molecule has 2 rings (SSSR count). The number of amides is 3. The fourth-order valence-electron chi connectivity index (χ4n) is 3.65. The van der Waals surface area contributed by atoms with E-state index in [0.717, 1.165) is 24.0 Å². The van der Waals surface area contributed by atoms with E-state index < -0.39 is 19.1 Å². The lowest BCUT2D eigenvalue weighted by molar-refractivity contribution is -0.127. The van der Waals surface area contributed by atoms with Crippen molar-refractivity contribution in [3.05, 3.63) is 58.6 Å². The highest BCUT2D eigenvalue weighted by molar-refractivity contribution is 6.43. The molecule has 8 nitrogen and oxygen atoms in total. The maximum atomic E-state index is 12.9. The summed E-state index contributed by atoms with van der Waals surface area (Å²) in [4.78, 5) is 30.3. The highest BCUT2D eigenvalue weighted by atomic mass is 16.4. The van der Waals surface area contributed by atoms with Crippen LogP contribution in [0.5, 0.6) is 0 Å². The van der Waals surface area contributed by atoms with Crippen molar-refractivity contribution in [1.82, 2.24) is 15.5 Å². The van der Waals surface area contributed by atoms with Crippen LogP contribution in [-0.2, 0) is 11.2 Å². The summed E-state index contributed by atoms with van der Waals surface area (Å²) in [6.07, 6.45) is 3.47. The summed E-state index contributed by atoms with van der Waals surface area (Å²) in [5.74, 6) is -1.19. The van der Waals surface area contributed by atoms with E-state index >= 15 is 0 Å². The van der Waals surface area contributed by atoms with E-state index in [0.29, 0.717) is 6.54 Å². The Balaban J connectivity index is 1.95. The first-order valence-corrected chi connectivity index (χ1v) is 10.9. The molecule has 1 aliphatic rings. The van der Waals surface area contributed by atoms with E-state index in [-0.39, 0.29) is 36.0 Å². The zero-order valence-corrected chi connectivity index (χ0v) is 19.3. The van der Waals surface area contributed by atoms with Crippen LogP contribution in [0, 0.1) is 18.9 Å². The molecule has 1 saturated heterocycles. The average molecular weight is 440 g/mol. The predicted molar refractivity (Wildman–Crippen MR) is 124 cm³/mol. The summed E-state index contributed by atoms with van der Waals surface area (Å²) >= 11 is 0. The summed E-state index contributed by atoms with van der Waals surface area (Å²) in [6.45, 7) is 15.9. The summed E-state index contributed by atoms with van der Waals surface area (Å²) in [7, 11) is -1.71. The second-order valence-electron chi connectivity index (χ2n) is 9.37. The maximum Gasteiger partial charge on any atom is 0.475 e. The third-order valence-corrected chi connectivity index (χ3v) is 5.30. The Morgan fingerprint density at radius 2 is 1.97 bits per heavy atom. The van der Waals surface area contributed by atoms with E-state index in [2.05, 4.69) is 15.5 Å². The van der Waals surface area contributed by atoms with Crippen LogP contribution >= 0.6 is 0 Å². The predicted octanol–water partition coefficient (Wildman–Crippen LogP) is 2.06. The lowest BCUT2D eigenvalue weighted by Gasteiger charge is -2.26. The first kappa shape index (κ1) is 25.4. The van der Waals surface area contributed by atoms with Gasteiger partial charge in [0.1, 0.15) is 0 Å². The Bertz CT molecular complexity index is 871. The van der Waals surface area contributed by atoms with Gasteiger partial charge in [-0.1, -0.05) is 56.7 Å². The van der Waals surface area contributed by atoms with E-state index in [9.17, 15) is 19.6 Å². The largest absolute Gasteiger partial charge is 0.475 e. The molecule has 1 fully saturated rings. The van der Waals surface area contributed by atoms with Crippen LogP contribution in [0.25, 0.3) is 4.85 Å². The van der Waals surface area contributed by atoms with Gasteiger partial charge in [0.25, 0.3) is 5.91 Å². The van der Waals surface area contributed by atoms with Gasteiger partial charge in [0, 0.05) is 19.1 Å². The fraction of sp³-hybridized carbons (Fsp3) is 0.522. The number of benzene rings is 1. The minimum absolute atomic E-state index is 0.0930. The van der Waals surface area contributed by atoms with E-state index in [4.69, 9.17) is 6.57 Å². The number of aryl methyl sites for hydroxylation is 1. The first-order valence-electron chi connectivity index (χ1n) is 10.9. The van der Waals surface area contributed by atoms with Crippen molar-refractivity contribution >= 4 is 19.1 Å². The third-order valence-electron chi connectivity index (χ3n) is 5.30. The molecule has 1 aliphatic heterocycles. The molecule has 0 unspecified atom stereocenters. The molecule has 0 aliphatic carbocycles. The molecular weight excluding hydrogens is 407 g/mol. The summed E-state index contributed by atoms with van der Waals surface area (Å²) in [6, 6.07) is 6.86. The molecule has 1 heterocycles. The highest BCUT2D eigenvalue weighted by Gasteiger charge is 2.32. The zero-order valence-electron chi connectivity index (χ0n) is 19.3. The van der Waals surface area contributed by atoms with Gasteiger partial charge in [-0.05, 0) is 37.2 Å². The van der Waals surface area contributed by atoms with Crippen molar-refractivity contribution in [2.45, 2.75) is 58.9 Å². The Kier molecular flexibility index (Phi) is 8.87. The normalized spacial score (nSPS) is 17.5. The zero-order chi connectivity index (χ0) is 23.9. The summed E-state index contributed by atoms with van der Waals surface area (Å²) in [5, 5.41) is 24.7. The second-order valence-corrected chi connectivity index (χ2v) is 9.37. The number of likely N-dealkylation sites (tertiary alicyclic amines) is 1. The average Bonchev–Trinajstić information content (AvgIpc) is 3.19. The molecule has 1 aromatic rings. The quantitative estimate of drug-likeness (QED) is 0.296. The number of allylic oxidation sites excluding steroid dienone is 1. The molecule has 0 saturated carbocycles. The first-order chi connectivity index (χ1) is 15.0. The number of hydrogen-bond donors (Lipinski definition) is 4. The monoisotopic (exact) mass is 440 g/mol. The lowest BCUT2D eigenvalue weighted by Crippen LogP contribution is -2.53. The molecule has 172 valence electrons. The number of nitrogens with one attached hydrogen (secondary N) is 2. The molecule has 2 atom stereocenters. The van der Waals surface area contributed by atoms with Gasteiger partial charge in [-0.15, -0.1) is 0 Å². The molecule has 0 spiro atoms. The minimum atomic E-state index is -1.71. The van der Waals surface area contributed by atoms with Crippen LogP contribution in [0.15, 0.2) is 36.0 Å². The number of carbonyl (C=O) groups is 2. The molecule has 0 bridgehead atoms. The molecule has 32 heavy (non-hydrogen) atoms. The summed E-state index contributed by atoms with van der Waals surface area (Å²) in [5.41, 5.74) is 1.77. The van der Waals surface area contributed by atoms with Crippen molar-refractivity contribution in [3.63, 3.8) is 0 Å². The maximum absolute atomic E-state index is 12.9. The SMILES string of the molecule is [C-]#[N+]C(=CC(C)(C)C)C(=O)N1CCC[C@@H]1CNC(=O)N[C@@H](Cc1ccc(C)cc1)B(O)O. The molecule has 0 radical (unpaired) electrons. The van der Waals surface area contributed by atoms with Crippen molar-refractivity contribution in [1.29, 1.82) is 0 Å². The van der Waals surface area contributed by atoms with Gasteiger partial charge in [0.2, 0.25) is 5.70 Å². The molecule has 9 heteroatoms. The van der Waals surface area contributed by atoms with Crippen LogP contribution in [0.1, 0.15) is 44.7 Å². The fourth-order valence-corrected chi connectivity index (χ4v) is 3.65. The molecular formula is C23H33BN4O4. The lowest BCUT2D eigenvalue weighted by atomic mass is 9.76. The van der Waals surface area contributed by atoms with Gasteiger partial charge in [-0.25, -0.2) is 9.64 Å². The van der Waals surface area contributed by atoms with Crippen molar-refractivity contribution in [3.8, 4) is 0 Å². The summed E-state index contributed by atoms with van der Waals surface area (Å²) < 4.78 is 0. The van der Waals surface area contributed by atoms with E-state index in [1.807, 2.05) is 52.0 Å². The Hall–Kier alpha value is -2.83.